The first-order valence-electron chi connectivity index (χ1n) is 5.51. The van der Waals surface area contributed by atoms with E-state index in [1.807, 2.05) is 0 Å². The van der Waals surface area contributed by atoms with Gasteiger partial charge in [-0.1, -0.05) is 0 Å². The Morgan fingerprint density at radius 2 is 2.22 bits per heavy atom. The molecule has 3 rings (SSSR count). The van der Waals surface area contributed by atoms with Crippen molar-refractivity contribution in [3.05, 3.63) is 38.7 Å². The van der Waals surface area contributed by atoms with Gasteiger partial charge in [-0.2, -0.15) is 0 Å². The molecule has 0 atom stereocenters. The number of halogens is 1. The summed E-state index contributed by atoms with van der Waals surface area (Å²) in [4.78, 5) is 27.4. The van der Waals surface area contributed by atoms with E-state index in [0.29, 0.717) is 15.5 Å². The molecule has 0 spiro atoms. The molecule has 2 heterocycles. The average Bonchev–Trinajstić information content (AvgIpc) is 3.14. The van der Waals surface area contributed by atoms with Crippen LogP contribution in [0.25, 0.3) is 11.0 Å². The maximum atomic E-state index is 12.1. The molecule has 0 radical (unpaired) electrons. The van der Waals surface area contributed by atoms with Crippen molar-refractivity contribution in [2.45, 2.75) is 18.9 Å². The fourth-order valence-electron chi connectivity index (χ4n) is 1.99. The van der Waals surface area contributed by atoms with Gasteiger partial charge in [-0.05, 0) is 34.8 Å². The van der Waals surface area contributed by atoms with Crippen LogP contribution in [-0.4, -0.2) is 20.6 Å². The number of hydrogen-bond acceptors (Lipinski definition) is 3. The van der Waals surface area contributed by atoms with E-state index < -0.39 is 11.4 Å². The molecular weight excluding hydrogens is 300 g/mol. The van der Waals surface area contributed by atoms with Gasteiger partial charge in [-0.25, -0.2) is 9.78 Å². The summed E-state index contributed by atoms with van der Waals surface area (Å²) in [5.41, 5.74) is -0.131. The summed E-state index contributed by atoms with van der Waals surface area (Å²) in [6.07, 6.45) is 5.01. The smallest absolute Gasteiger partial charge is 0.341 e. The van der Waals surface area contributed by atoms with E-state index in [2.05, 4.69) is 20.9 Å². The Morgan fingerprint density at radius 3 is 2.83 bits per heavy atom. The van der Waals surface area contributed by atoms with Crippen LogP contribution in [0.4, 0.5) is 0 Å². The number of fused-ring (bicyclic) bond motifs is 1. The van der Waals surface area contributed by atoms with E-state index in [4.69, 9.17) is 5.11 Å². The van der Waals surface area contributed by atoms with Gasteiger partial charge < -0.3 is 9.67 Å². The zero-order chi connectivity index (χ0) is 12.9. The lowest BCUT2D eigenvalue weighted by Gasteiger charge is -2.10. The van der Waals surface area contributed by atoms with Gasteiger partial charge in [0.2, 0.25) is 5.43 Å². The zero-order valence-corrected chi connectivity index (χ0v) is 10.8. The van der Waals surface area contributed by atoms with Crippen molar-refractivity contribution in [2.75, 3.05) is 0 Å². The number of carboxylic acids is 1. The first-order valence-corrected chi connectivity index (χ1v) is 6.31. The second-order valence-corrected chi connectivity index (χ2v) is 5.26. The van der Waals surface area contributed by atoms with Crippen molar-refractivity contribution >= 4 is 32.9 Å². The fraction of sp³-hybridized carbons (Fsp3) is 0.250. The van der Waals surface area contributed by atoms with Crippen LogP contribution in [0.3, 0.4) is 0 Å². The largest absolute Gasteiger partial charge is 0.477 e. The second-order valence-electron chi connectivity index (χ2n) is 4.34. The molecule has 0 unspecified atom stereocenters. The summed E-state index contributed by atoms with van der Waals surface area (Å²) in [5.74, 6) is -1.20. The highest BCUT2D eigenvalue weighted by molar-refractivity contribution is 9.10. The van der Waals surface area contributed by atoms with E-state index in [1.165, 1.54) is 6.20 Å². The third kappa shape index (κ3) is 1.73. The number of carbonyl (C=O) groups is 1. The van der Waals surface area contributed by atoms with Crippen molar-refractivity contribution < 1.29 is 9.90 Å². The van der Waals surface area contributed by atoms with Crippen LogP contribution in [0.1, 0.15) is 29.2 Å². The van der Waals surface area contributed by atoms with Crippen molar-refractivity contribution in [3.8, 4) is 0 Å². The van der Waals surface area contributed by atoms with Crippen LogP contribution in [0.15, 0.2) is 27.7 Å². The summed E-state index contributed by atoms with van der Waals surface area (Å²) in [6.45, 7) is 0. The Balaban J connectivity index is 2.43. The SMILES string of the molecule is O=C(O)c1cn(C2CC2)c2ncc(Br)cc2c1=O. The topological polar surface area (TPSA) is 72.2 Å². The molecule has 1 saturated carbocycles. The molecule has 1 aliphatic rings. The molecule has 0 aliphatic heterocycles. The zero-order valence-electron chi connectivity index (χ0n) is 9.26. The van der Waals surface area contributed by atoms with Gasteiger partial charge in [-0.3, -0.25) is 4.79 Å². The van der Waals surface area contributed by atoms with Crippen LogP contribution in [0.2, 0.25) is 0 Å². The van der Waals surface area contributed by atoms with E-state index in [9.17, 15) is 9.59 Å². The highest BCUT2D eigenvalue weighted by Crippen LogP contribution is 2.36. The monoisotopic (exact) mass is 308 g/mol. The van der Waals surface area contributed by atoms with Crippen LogP contribution in [-0.2, 0) is 0 Å². The lowest BCUT2D eigenvalue weighted by atomic mass is 10.2. The second kappa shape index (κ2) is 3.91. The Morgan fingerprint density at radius 1 is 1.50 bits per heavy atom. The predicted octanol–water partition coefficient (Wildman–Crippen LogP) is 2.19. The Bertz CT molecular complexity index is 719. The molecule has 2 aromatic heterocycles. The fourth-order valence-corrected chi connectivity index (χ4v) is 2.32. The van der Waals surface area contributed by atoms with Gasteiger partial charge in [0, 0.05) is 22.9 Å². The summed E-state index contributed by atoms with van der Waals surface area (Å²) in [7, 11) is 0. The van der Waals surface area contributed by atoms with Gasteiger partial charge in [0.1, 0.15) is 11.2 Å². The molecule has 1 aliphatic carbocycles. The van der Waals surface area contributed by atoms with Gasteiger partial charge in [0.15, 0.2) is 0 Å². The first-order chi connectivity index (χ1) is 8.58. The van der Waals surface area contributed by atoms with Crippen molar-refractivity contribution in [1.82, 2.24) is 9.55 Å². The maximum Gasteiger partial charge on any atom is 0.341 e. The Kier molecular flexibility index (Phi) is 2.48. The van der Waals surface area contributed by atoms with Crippen molar-refractivity contribution in [3.63, 3.8) is 0 Å². The van der Waals surface area contributed by atoms with Gasteiger partial charge in [-0.15, -0.1) is 0 Å². The standard InChI is InChI=1S/C12H9BrN2O3/c13-6-3-8-10(16)9(12(17)18)5-15(7-1-2-7)11(8)14-4-6/h3-5,7H,1-2H2,(H,17,18). The number of carboxylic acid groups (broad SMARTS) is 1. The number of nitrogens with zero attached hydrogens (tertiary/aromatic N) is 2. The summed E-state index contributed by atoms with van der Waals surface area (Å²) < 4.78 is 2.46. The lowest BCUT2D eigenvalue weighted by Crippen LogP contribution is -2.19. The van der Waals surface area contributed by atoms with Gasteiger partial charge in [0.05, 0.1) is 5.39 Å². The molecule has 0 aromatic carbocycles. The summed E-state index contributed by atoms with van der Waals surface area (Å²) in [6, 6.07) is 1.88. The Hall–Kier alpha value is -1.69. The number of pyridine rings is 2. The summed E-state index contributed by atoms with van der Waals surface area (Å²) >= 11 is 3.25. The minimum absolute atomic E-state index is 0.200. The molecule has 0 saturated heterocycles. The molecule has 5 nitrogen and oxygen atoms in total. The van der Waals surface area contributed by atoms with E-state index in [0.717, 1.165) is 12.8 Å². The molecule has 1 N–H and O–H groups in total. The number of rotatable bonds is 2. The number of hydrogen-bond donors (Lipinski definition) is 1. The molecule has 0 bridgehead atoms. The van der Waals surface area contributed by atoms with E-state index in [1.54, 1.807) is 16.8 Å². The molecular formula is C12H9BrN2O3. The third-order valence-electron chi connectivity index (χ3n) is 3.01. The minimum atomic E-state index is -1.20. The van der Waals surface area contributed by atoms with E-state index in [-0.39, 0.29) is 11.6 Å². The highest BCUT2D eigenvalue weighted by Gasteiger charge is 2.27. The molecule has 18 heavy (non-hydrogen) atoms. The average molecular weight is 309 g/mol. The first kappa shape index (κ1) is 11.4. The molecule has 2 aromatic rings. The molecule has 92 valence electrons. The molecule has 0 amide bonds. The van der Waals surface area contributed by atoms with Gasteiger partial charge >= 0.3 is 5.97 Å². The van der Waals surface area contributed by atoms with Crippen molar-refractivity contribution in [2.24, 2.45) is 0 Å². The van der Waals surface area contributed by atoms with Crippen molar-refractivity contribution in [1.29, 1.82) is 0 Å². The Labute approximate surface area is 110 Å². The van der Waals surface area contributed by atoms with Gasteiger partial charge in [0.25, 0.3) is 0 Å². The van der Waals surface area contributed by atoms with Crippen LogP contribution in [0.5, 0.6) is 0 Å². The normalized spacial score (nSPS) is 14.9. The lowest BCUT2D eigenvalue weighted by molar-refractivity contribution is 0.0695. The minimum Gasteiger partial charge on any atom is -0.477 e. The van der Waals surface area contributed by atoms with Crippen LogP contribution >= 0.6 is 15.9 Å². The van der Waals surface area contributed by atoms with Crippen LogP contribution < -0.4 is 5.43 Å². The maximum absolute atomic E-state index is 12.1. The molecule has 1 fully saturated rings. The third-order valence-corrected chi connectivity index (χ3v) is 3.44. The number of aromatic carboxylic acids is 1. The quantitative estimate of drug-likeness (QED) is 0.923. The van der Waals surface area contributed by atoms with E-state index >= 15 is 0 Å². The molecule has 6 heteroatoms. The summed E-state index contributed by atoms with van der Waals surface area (Å²) in [5, 5.41) is 9.42. The van der Waals surface area contributed by atoms with Crippen LogP contribution in [0, 0.1) is 0 Å². The highest BCUT2D eigenvalue weighted by atomic mass is 79.9. The number of aromatic nitrogens is 2. The predicted molar refractivity (Wildman–Crippen MR) is 68.9 cm³/mol.